The largest absolute Gasteiger partial charge is 0.481 e. The Hall–Kier alpha value is -3.40. The van der Waals surface area contributed by atoms with Gasteiger partial charge in [0.1, 0.15) is 12.6 Å². The first-order valence-corrected chi connectivity index (χ1v) is 8.10. The number of nitrogens with two attached hydrogens (primary N) is 1. The summed E-state index contributed by atoms with van der Waals surface area (Å²) >= 11 is 0. The van der Waals surface area contributed by atoms with Crippen molar-refractivity contribution in [2.24, 2.45) is 5.73 Å². The second kappa shape index (κ2) is 8.81. The molecule has 2 unspecified atom stereocenters. The van der Waals surface area contributed by atoms with Gasteiger partial charge in [-0.25, -0.2) is 0 Å². The van der Waals surface area contributed by atoms with Crippen molar-refractivity contribution in [3.8, 4) is 0 Å². The maximum atomic E-state index is 12.3. The molecule has 0 saturated heterocycles. The summed E-state index contributed by atoms with van der Waals surface area (Å²) in [6, 6.07) is 5.01. The number of aliphatic carboxylic acids is 2. The molecule has 0 saturated carbocycles. The first-order valence-electron chi connectivity index (χ1n) is 8.10. The van der Waals surface area contributed by atoms with Crippen molar-refractivity contribution in [1.82, 2.24) is 15.6 Å². The van der Waals surface area contributed by atoms with Crippen molar-refractivity contribution in [3.05, 3.63) is 36.0 Å². The fraction of sp³-hybridized carbons (Fsp3) is 0.294. The molecule has 0 aliphatic rings. The summed E-state index contributed by atoms with van der Waals surface area (Å²) in [7, 11) is 0. The van der Waals surface area contributed by atoms with Crippen molar-refractivity contribution in [1.29, 1.82) is 0 Å². The van der Waals surface area contributed by atoms with Crippen LogP contribution >= 0.6 is 0 Å². The molecule has 2 amide bonds. The predicted molar refractivity (Wildman–Crippen MR) is 94.8 cm³/mol. The molecular weight excluding hydrogens is 356 g/mol. The van der Waals surface area contributed by atoms with E-state index >= 15 is 0 Å². The number of hydrogen-bond acceptors (Lipinski definition) is 5. The number of hydrogen-bond donors (Lipinski definition) is 6. The lowest BCUT2D eigenvalue weighted by molar-refractivity contribution is -0.141. The van der Waals surface area contributed by atoms with Gasteiger partial charge in [0.25, 0.3) is 0 Å². The molecule has 7 N–H and O–H groups in total. The molecule has 0 spiro atoms. The number of rotatable bonds is 9. The highest BCUT2D eigenvalue weighted by molar-refractivity contribution is 5.93. The van der Waals surface area contributed by atoms with Crippen molar-refractivity contribution < 1.29 is 29.4 Å². The molecule has 10 nitrogen and oxygen atoms in total. The van der Waals surface area contributed by atoms with Crippen molar-refractivity contribution in [2.45, 2.75) is 24.9 Å². The Morgan fingerprint density at radius 3 is 2.44 bits per heavy atom. The van der Waals surface area contributed by atoms with Gasteiger partial charge >= 0.3 is 11.9 Å². The minimum absolute atomic E-state index is 0.173. The molecule has 0 radical (unpaired) electrons. The third kappa shape index (κ3) is 5.54. The van der Waals surface area contributed by atoms with Crippen LogP contribution in [0.4, 0.5) is 0 Å². The Balaban J connectivity index is 2.03. The SMILES string of the molecule is NC(Cc1c[nH]c2ccccc12)C(=O)NC(CC(=O)O)C(=O)NCC(=O)O. The van der Waals surface area contributed by atoms with Crippen LogP contribution in [0.15, 0.2) is 30.5 Å². The molecule has 27 heavy (non-hydrogen) atoms. The maximum absolute atomic E-state index is 12.3. The number of fused-ring (bicyclic) bond motifs is 1. The quantitative estimate of drug-likeness (QED) is 0.332. The van der Waals surface area contributed by atoms with Crippen LogP contribution in [-0.4, -0.2) is 57.6 Å². The van der Waals surface area contributed by atoms with Crippen LogP contribution in [0, 0.1) is 0 Å². The van der Waals surface area contributed by atoms with Gasteiger partial charge in [-0.15, -0.1) is 0 Å². The summed E-state index contributed by atoms with van der Waals surface area (Å²) in [5.41, 5.74) is 7.59. The average molecular weight is 376 g/mol. The first-order chi connectivity index (χ1) is 12.8. The Labute approximate surface area is 153 Å². The third-order valence-electron chi connectivity index (χ3n) is 3.88. The summed E-state index contributed by atoms with van der Waals surface area (Å²) in [5, 5.41) is 22.7. The van der Waals surface area contributed by atoms with Crippen LogP contribution in [0.25, 0.3) is 10.9 Å². The van der Waals surface area contributed by atoms with Crippen LogP contribution in [0.2, 0.25) is 0 Å². The molecule has 1 aromatic heterocycles. The average Bonchev–Trinajstić information content (AvgIpc) is 3.01. The summed E-state index contributed by atoms with van der Waals surface area (Å²) in [6.45, 7) is -0.688. The van der Waals surface area contributed by atoms with E-state index in [-0.39, 0.29) is 6.42 Å². The lowest BCUT2D eigenvalue weighted by atomic mass is 10.0. The number of aromatic nitrogens is 1. The Bertz CT molecular complexity index is 862. The van der Waals surface area contributed by atoms with Crippen molar-refractivity contribution in [2.75, 3.05) is 6.54 Å². The number of para-hydroxylation sites is 1. The van der Waals surface area contributed by atoms with E-state index in [4.69, 9.17) is 15.9 Å². The zero-order valence-electron chi connectivity index (χ0n) is 14.3. The monoisotopic (exact) mass is 376 g/mol. The Morgan fingerprint density at radius 1 is 1.07 bits per heavy atom. The van der Waals surface area contributed by atoms with Crippen molar-refractivity contribution in [3.63, 3.8) is 0 Å². The Kier molecular flexibility index (Phi) is 6.50. The van der Waals surface area contributed by atoms with E-state index in [1.54, 1.807) is 6.20 Å². The fourth-order valence-electron chi connectivity index (χ4n) is 2.58. The predicted octanol–water partition coefficient (Wildman–Crippen LogP) is -0.802. The third-order valence-corrected chi connectivity index (χ3v) is 3.88. The highest BCUT2D eigenvalue weighted by Crippen LogP contribution is 2.18. The molecule has 1 heterocycles. The number of amides is 2. The van der Waals surface area contributed by atoms with E-state index in [1.165, 1.54) is 0 Å². The lowest BCUT2D eigenvalue weighted by Gasteiger charge is -2.19. The molecule has 0 aliphatic carbocycles. The number of benzene rings is 1. The lowest BCUT2D eigenvalue weighted by Crippen LogP contribution is -2.53. The molecule has 2 atom stereocenters. The minimum Gasteiger partial charge on any atom is -0.481 e. The molecule has 0 fully saturated rings. The molecular formula is C17H20N4O6. The summed E-state index contributed by atoms with van der Waals surface area (Å²) in [4.78, 5) is 48.7. The number of nitrogens with one attached hydrogen (secondary N) is 3. The molecule has 1 aromatic carbocycles. The van der Waals surface area contributed by atoms with Crippen LogP contribution < -0.4 is 16.4 Å². The van der Waals surface area contributed by atoms with Crippen LogP contribution in [-0.2, 0) is 25.6 Å². The maximum Gasteiger partial charge on any atom is 0.322 e. The molecule has 144 valence electrons. The van der Waals surface area contributed by atoms with Gasteiger partial charge in [-0.3, -0.25) is 19.2 Å². The first kappa shape index (κ1) is 19.9. The zero-order chi connectivity index (χ0) is 20.0. The molecule has 10 heteroatoms. The second-order valence-electron chi connectivity index (χ2n) is 5.94. The minimum atomic E-state index is -1.43. The normalized spacial score (nSPS) is 12.9. The van der Waals surface area contributed by atoms with E-state index in [9.17, 15) is 19.2 Å². The van der Waals surface area contributed by atoms with E-state index < -0.39 is 48.8 Å². The van der Waals surface area contributed by atoms with E-state index in [0.717, 1.165) is 16.5 Å². The molecule has 0 bridgehead atoms. The number of carboxylic acids is 2. The van der Waals surface area contributed by atoms with Crippen molar-refractivity contribution >= 4 is 34.7 Å². The topological polar surface area (TPSA) is 175 Å². The van der Waals surface area contributed by atoms with Crippen LogP contribution in [0.5, 0.6) is 0 Å². The highest BCUT2D eigenvalue weighted by Gasteiger charge is 2.26. The second-order valence-corrected chi connectivity index (χ2v) is 5.94. The number of H-pyrrole nitrogens is 1. The number of carbonyl (C=O) groups excluding carboxylic acids is 2. The number of carbonyl (C=O) groups is 4. The van der Waals surface area contributed by atoms with Crippen LogP contribution in [0.3, 0.4) is 0 Å². The van der Waals surface area contributed by atoms with Gasteiger partial charge in [0.05, 0.1) is 12.5 Å². The summed E-state index contributed by atoms with van der Waals surface area (Å²) in [6.07, 6.45) is 1.20. The fourth-order valence-corrected chi connectivity index (χ4v) is 2.58. The molecule has 2 rings (SSSR count). The number of carboxylic acid groups (broad SMARTS) is 2. The van der Waals surface area contributed by atoms with Gasteiger partial charge in [0.15, 0.2) is 0 Å². The van der Waals surface area contributed by atoms with Gasteiger partial charge in [-0.1, -0.05) is 18.2 Å². The summed E-state index contributed by atoms with van der Waals surface area (Å²) < 4.78 is 0. The van der Waals surface area contributed by atoms with E-state index in [2.05, 4.69) is 10.3 Å². The van der Waals surface area contributed by atoms with Gasteiger partial charge in [-0.2, -0.15) is 0 Å². The highest BCUT2D eigenvalue weighted by atomic mass is 16.4. The molecule has 2 aromatic rings. The van der Waals surface area contributed by atoms with E-state index in [1.807, 2.05) is 29.6 Å². The van der Waals surface area contributed by atoms with Gasteiger partial charge in [0, 0.05) is 17.1 Å². The smallest absolute Gasteiger partial charge is 0.322 e. The van der Waals surface area contributed by atoms with E-state index in [0.29, 0.717) is 0 Å². The standard InChI is InChI=1S/C17H20N4O6/c18-11(5-9-7-19-12-4-2-1-3-10(9)12)16(26)21-13(6-14(22)23)17(27)20-8-15(24)25/h1-4,7,11,13,19H,5-6,8,18H2,(H,20,27)(H,21,26)(H,22,23)(H,24,25). The number of aromatic amines is 1. The Morgan fingerprint density at radius 2 is 1.78 bits per heavy atom. The van der Waals surface area contributed by atoms with Gasteiger partial charge < -0.3 is 31.6 Å². The van der Waals surface area contributed by atoms with Crippen LogP contribution in [0.1, 0.15) is 12.0 Å². The molecule has 0 aliphatic heterocycles. The summed E-state index contributed by atoms with van der Waals surface area (Å²) in [5.74, 6) is -4.24. The zero-order valence-corrected chi connectivity index (χ0v) is 14.3. The van der Waals surface area contributed by atoms with Gasteiger partial charge in [0.2, 0.25) is 11.8 Å². The van der Waals surface area contributed by atoms with Gasteiger partial charge in [-0.05, 0) is 18.1 Å².